The second kappa shape index (κ2) is 6.66. The Hall–Kier alpha value is -2.61. The van der Waals surface area contributed by atoms with Crippen molar-refractivity contribution >= 4 is 23.1 Å². The Balaban J connectivity index is 2.14. The zero-order chi connectivity index (χ0) is 16.2. The van der Waals surface area contributed by atoms with Crippen LogP contribution in [0.3, 0.4) is 0 Å². The van der Waals surface area contributed by atoms with Crippen molar-refractivity contribution in [3.05, 3.63) is 81.2 Å². The van der Waals surface area contributed by atoms with Crippen LogP contribution in [0.2, 0.25) is 0 Å². The molecular weight excluding hydrogens is 284 g/mol. The predicted molar refractivity (Wildman–Crippen MR) is 96.6 cm³/mol. The van der Waals surface area contributed by atoms with E-state index in [1.54, 1.807) is 0 Å². The van der Waals surface area contributed by atoms with Gasteiger partial charge >= 0.3 is 0 Å². The molecule has 0 amide bonds. The average Bonchev–Trinajstić information content (AvgIpc) is 2.58. The number of hydrogen-bond acceptors (Lipinski definition) is 2. The van der Waals surface area contributed by atoms with Crippen LogP contribution in [0.1, 0.15) is 35.8 Å². The lowest BCUT2D eigenvalue weighted by Gasteiger charge is -2.07. The molecular formula is C21H20O2. The zero-order valence-corrected chi connectivity index (χ0v) is 13.5. The molecule has 0 aliphatic carbocycles. The summed E-state index contributed by atoms with van der Waals surface area (Å²) < 4.78 is 6.09. The summed E-state index contributed by atoms with van der Waals surface area (Å²) in [4.78, 5) is 12.6. The fourth-order valence-electron chi connectivity index (χ4n) is 2.75. The van der Waals surface area contributed by atoms with Crippen molar-refractivity contribution in [3.63, 3.8) is 0 Å². The van der Waals surface area contributed by atoms with Gasteiger partial charge in [0.25, 0.3) is 0 Å². The van der Waals surface area contributed by atoms with Crippen molar-refractivity contribution in [1.29, 1.82) is 0 Å². The summed E-state index contributed by atoms with van der Waals surface area (Å²) in [5, 5.41) is 0.672. The van der Waals surface area contributed by atoms with E-state index in [0.717, 1.165) is 29.6 Å². The molecule has 0 aliphatic heterocycles. The average molecular weight is 304 g/mol. The maximum atomic E-state index is 12.6. The first-order chi connectivity index (χ1) is 11.2. The number of aryl methyl sites for hydroxylation is 1. The summed E-state index contributed by atoms with van der Waals surface area (Å²) in [6.45, 7) is 3.95. The highest BCUT2D eigenvalue weighted by molar-refractivity contribution is 5.82. The molecule has 0 N–H and O–H groups in total. The molecule has 1 heterocycles. The van der Waals surface area contributed by atoms with Gasteiger partial charge in [-0.05, 0) is 36.6 Å². The van der Waals surface area contributed by atoms with E-state index < -0.39 is 0 Å². The third-order valence-corrected chi connectivity index (χ3v) is 4.01. The van der Waals surface area contributed by atoms with Crippen LogP contribution < -0.4 is 5.43 Å². The fraction of sp³-hybridized carbons (Fsp3) is 0.190. The van der Waals surface area contributed by atoms with Gasteiger partial charge in [-0.25, -0.2) is 0 Å². The van der Waals surface area contributed by atoms with Gasteiger partial charge in [-0.3, -0.25) is 4.79 Å². The summed E-state index contributed by atoms with van der Waals surface area (Å²) in [7, 11) is 0. The van der Waals surface area contributed by atoms with Crippen molar-refractivity contribution in [2.24, 2.45) is 0 Å². The zero-order valence-electron chi connectivity index (χ0n) is 13.5. The van der Waals surface area contributed by atoms with Crippen LogP contribution in [0.4, 0.5) is 0 Å². The number of fused-ring (bicyclic) bond motifs is 1. The van der Waals surface area contributed by atoms with E-state index in [1.807, 2.05) is 67.6 Å². The molecule has 0 saturated heterocycles. The SMILES string of the molecule is CCCc1cccc2c(=O)c(C)c(/C=C/c3ccccc3)oc12. The first kappa shape index (κ1) is 15.3. The van der Waals surface area contributed by atoms with E-state index in [9.17, 15) is 4.79 Å². The maximum absolute atomic E-state index is 12.6. The Kier molecular flexibility index (Phi) is 4.42. The van der Waals surface area contributed by atoms with Crippen LogP contribution in [0.5, 0.6) is 0 Å². The smallest absolute Gasteiger partial charge is 0.196 e. The molecule has 2 nitrogen and oxygen atoms in total. The summed E-state index contributed by atoms with van der Waals surface area (Å²) in [5.41, 5.74) is 3.60. The molecule has 23 heavy (non-hydrogen) atoms. The molecule has 0 atom stereocenters. The molecule has 0 spiro atoms. The highest BCUT2D eigenvalue weighted by Crippen LogP contribution is 2.22. The van der Waals surface area contributed by atoms with Crippen molar-refractivity contribution in [2.75, 3.05) is 0 Å². The quantitative estimate of drug-likeness (QED) is 0.661. The lowest BCUT2D eigenvalue weighted by atomic mass is 10.0. The van der Waals surface area contributed by atoms with Crippen molar-refractivity contribution in [1.82, 2.24) is 0 Å². The van der Waals surface area contributed by atoms with E-state index in [1.165, 1.54) is 0 Å². The summed E-state index contributed by atoms with van der Waals surface area (Å²) in [5.74, 6) is 0.634. The Morgan fingerprint density at radius 1 is 1.00 bits per heavy atom. The van der Waals surface area contributed by atoms with Crippen LogP contribution in [0, 0.1) is 6.92 Å². The van der Waals surface area contributed by atoms with E-state index in [-0.39, 0.29) is 5.43 Å². The van der Waals surface area contributed by atoms with Crippen LogP contribution in [0.25, 0.3) is 23.1 Å². The molecule has 2 aromatic carbocycles. The van der Waals surface area contributed by atoms with Gasteiger partial charge in [0.15, 0.2) is 5.43 Å². The van der Waals surface area contributed by atoms with Gasteiger partial charge in [0.05, 0.1) is 5.39 Å². The molecule has 1 aromatic heterocycles. The lowest BCUT2D eigenvalue weighted by Crippen LogP contribution is -2.08. The van der Waals surface area contributed by atoms with Gasteiger partial charge in [-0.15, -0.1) is 0 Å². The molecule has 0 fully saturated rings. The van der Waals surface area contributed by atoms with Crippen molar-refractivity contribution in [3.8, 4) is 0 Å². The van der Waals surface area contributed by atoms with E-state index in [2.05, 4.69) is 6.92 Å². The second-order valence-corrected chi connectivity index (χ2v) is 5.71. The van der Waals surface area contributed by atoms with Gasteiger partial charge in [0, 0.05) is 5.56 Å². The van der Waals surface area contributed by atoms with Gasteiger partial charge in [-0.2, -0.15) is 0 Å². The molecule has 2 heteroatoms. The normalized spacial score (nSPS) is 11.4. The molecule has 0 bridgehead atoms. The predicted octanol–water partition coefficient (Wildman–Crippen LogP) is 5.22. The Morgan fingerprint density at radius 2 is 1.78 bits per heavy atom. The Labute approximate surface area is 136 Å². The highest BCUT2D eigenvalue weighted by Gasteiger charge is 2.11. The number of rotatable bonds is 4. The largest absolute Gasteiger partial charge is 0.456 e. The number of hydrogen-bond donors (Lipinski definition) is 0. The molecule has 3 aromatic rings. The van der Waals surface area contributed by atoms with Gasteiger partial charge in [-0.1, -0.05) is 61.9 Å². The number of para-hydroxylation sites is 1. The van der Waals surface area contributed by atoms with Gasteiger partial charge in [0.2, 0.25) is 0 Å². The third-order valence-electron chi connectivity index (χ3n) is 4.01. The first-order valence-electron chi connectivity index (χ1n) is 7.99. The molecule has 3 rings (SSSR count). The van der Waals surface area contributed by atoms with Gasteiger partial charge in [0.1, 0.15) is 11.3 Å². The topological polar surface area (TPSA) is 30.2 Å². The summed E-state index contributed by atoms with van der Waals surface area (Å²) in [6.07, 6.45) is 5.78. The second-order valence-electron chi connectivity index (χ2n) is 5.71. The first-order valence-corrected chi connectivity index (χ1v) is 7.99. The third kappa shape index (κ3) is 3.11. The molecule has 0 saturated carbocycles. The monoisotopic (exact) mass is 304 g/mol. The Bertz CT molecular complexity index is 902. The van der Waals surface area contributed by atoms with Crippen molar-refractivity contribution in [2.45, 2.75) is 26.7 Å². The summed E-state index contributed by atoms with van der Waals surface area (Å²) >= 11 is 0. The minimum absolute atomic E-state index is 0.0527. The molecule has 116 valence electrons. The minimum Gasteiger partial charge on any atom is -0.456 e. The molecule has 0 aliphatic rings. The van der Waals surface area contributed by atoms with E-state index in [0.29, 0.717) is 16.7 Å². The van der Waals surface area contributed by atoms with E-state index >= 15 is 0 Å². The standard InChI is InChI=1S/C21H20O2/c1-3-8-17-11-7-12-18-20(22)15(2)19(23-21(17)18)14-13-16-9-5-4-6-10-16/h4-7,9-14H,3,8H2,1-2H3/b14-13+. The van der Waals surface area contributed by atoms with Crippen LogP contribution in [-0.4, -0.2) is 0 Å². The van der Waals surface area contributed by atoms with E-state index in [4.69, 9.17) is 4.42 Å². The van der Waals surface area contributed by atoms with Crippen molar-refractivity contribution < 1.29 is 4.42 Å². The maximum Gasteiger partial charge on any atom is 0.196 e. The summed E-state index contributed by atoms with van der Waals surface area (Å²) in [6, 6.07) is 15.8. The number of benzene rings is 2. The highest BCUT2D eigenvalue weighted by atomic mass is 16.3. The molecule has 0 unspecified atom stereocenters. The van der Waals surface area contributed by atoms with Crippen LogP contribution >= 0.6 is 0 Å². The Morgan fingerprint density at radius 3 is 2.52 bits per heavy atom. The molecule has 0 radical (unpaired) electrons. The minimum atomic E-state index is 0.0527. The fourth-order valence-corrected chi connectivity index (χ4v) is 2.75. The van der Waals surface area contributed by atoms with Gasteiger partial charge < -0.3 is 4.42 Å². The van der Waals surface area contributed by atoms with Crippen LogP contribution in [-0.2, 0) is 6.42 Å². The van der Waals surface area contributed by atoms with Crippen LogP contribution in [0.15, 0.2) is 57.7 Å². The lowest BCUT2D eigenvalue weighted by molar-refractivity contribution is 0.580.